The van der Waals surface area contributed by atoms with Crippen LogP contribution in [-0.4, -0.2) is 30.9 Å². The van der Waals surface area contributed by atoms with Crippen LogP contribution < -0.4 is 0 Å². The minimum atomic E-state index is -0.404. The van der Waals surface area contributed by atoms with Crippen LogP contribution in [0.1, 0.15) is 113 Å². The summed E-state index contributed by atoms with van der Waals surface area (Å²) in [6.07, 6.45) is 11.8. The van der Waals surface area contributed by atoms with E-state index in [1.54, 1.807) is 0 Å². The van der Waals surface area contributed by atoms with Crippen LogP contribution in [0.5, 0.6) is 0 Å². The van der Waals surface area contributed by atoms with Crippen LogP contribution in [0, 0.1) is 56.7 Å². The Morgan fingerprint density at radius 2 is 1.54 bits per heavy atom. The first kappa shape index (κ1) is 28.9. The second-order valence-corrected chi connectivity index (χ2v) is 15.5. The lowest BCUT2D eigenvalue weighted by molar-refractivity contribution is -0.255. The largest absolute Gasteiger partial charge is 0.465 e. The number of ether oxygens (including phenoxy) is 2. The summed E-state index contributed by atoms with van der Waals surface area (Å²) in [5, 5.41) is 0. The van der Waals surface area contributed by atoms with Gasteiger partial charge < -0.3 is 14.3 Å². The standard InChI is InChI=1S/C34H52O5/c1-21(2)24-11-16-34(19-35)18-17-32(7)25(29(24)34)9-10-27-30(5)14-13-28(39-23(4)37)31(6,20-38-22(3)36)26(30)12-15-33(27,32)8/h19,24-29H,1,9-18,20H2,2-8H3/t24-,25?,26?,27?,28-,29?,30-,31-,32+,33+,34?/m0/s1. The van der Waals surface area contributed by atoms with Crippen LogP contribution in [0.25, 0.3) is 0 Å². The van der Waals surface area contributed by atoms with Gasteiger partial charge in [0, 0.05) is 24.7 Å². The molecule has 0 aromatic carbocycles. The maximum atomic E-state index is 12.7. The fourth-order valence-electron chi connectivity index (χ4n) is 12.0. The highest BCUT2D eigenvalue weighted by Crippen LogP contribution is 2.77. The van der Waals surface area contributed by atoms with Crippen LogP contribution in [0.2, 0.25) is 0 Å². The molecular weight excluding hydrogens is 488 g/mol. The Morgan fingerprint density at radius 3 is 2.15 bits per heavy atom. The molecule has 5 nitrogen and oxygen atoms in total. The number of carbonyl (C=O) groups excluding carboxylic acids is 3. The van der Waals surface area contributed by atoms with Gasteiger partial charge in [0.25, 0.3) is 0 Å². The van der Waals surface area contributed by atoms with Crippen molar-refractivity contribution < 1.29 is 23.9 Å². The third-order valence-electron chi connectivity index (χ3n) is 14.0. The lowest BCUT2D eigenvalue weighted by Crippen LogP contribution is -2.67. The van der Waals surface area contributed by atoms with Gasteiger partial charge in [-0.15, -0.1) is 0 Å². The number of allylic oxidation sites excluding steroid dienone is 1. The number of aldehydes is 1. The minimum absolute atomic E-state index is 0.0785. The average Bonchev–Trinajstić information content (AvgIpc) is 3.25. The first-order valence-electron chi connectivity index (χ1n) is 15.6. The van der Waals surface area contributed by atoms with Crippen LogP contribution in [0.15, 0.2) is 12.2 Å². The molecule has 0 N–H and O–H groups in total. The van der Waals surface area contributed by atoms with E-state index in [1.165, 1.54) is 38.5 Å². The van der Waals surface area contributed by atoms with Crippen molar-refractivity contribution in [3.05, 3.63) is 12.2 Å². The molecule has 5 aliphatic carbocycles. The Kier molecular flexibility index (Phi) is 6.99. The second-order valence-electron chi connectivity index (χ2n) is 15.5. The number of esters is 2. The van der Waals surface area contributed by atoms with E-state index in [2.05, 4.69) is 41.2 Å². The fourth-order valence-corrected chi connectivity index (χ4v) is 12.0. The number of fused-ring (bicyclic) bond motifs is 7. The third kappa shape index (κ3) is 3.94. The quantitative estimate of drug-likeness (QED) is 0.208. The molecule has 0 aliphatic heterocycles. The van der Waals surface area contributed by atoms with Gasteiger partial charge in [-0.1, -0.05) is 39.8 Å². The zero-order valence-electron chi connectivity index (χ0n) is 25.6. The number of hydrogen-bond donors (Lipinski definition) is 0. The van der Waals surface area contributed by atoms with Crippen LogP contribution in [0.3, 0.4) is 0 Å². The molecule has 0 radical (unpaired) electrons. The number of rotatable bonds is 5. The van der Waals surface area contributed by atoms with Crippen molar-refractivity contribution in [1.82, 2.24) is 0 Å². The summed E-state index contributed by atoms with van der Waals surface area (Å²) in [6, 6.07) is 0. The molecule has 5 heteroatoms. The molecule has 0 heterocycles. The van der Waals surface area contributed by atoms with Crippen LogP contribution in [-0.2, 0) is 23.9 Å². The van der Waals surface area contributed by atoms with Crippen molar-refractivity contribution in [3.8, 4) is 0 Å². The van der Waals surface area contributed by atoms with Crippen LogP contribution in [0.4, 0.5) is 0 Å². The molecule has 0 saturated heterocycles. The van der Waals surface area contributed by atoms with Crippen molar-refractivity contribution in [2.75, 3.05) is 6.61 Å². The molecule has 0 bridgehead atoms. The molecule has 5 rings (SSSR count). The Bertz CT molecular complexity index is 1050. The maximum Gasteiger partial charge on any atom is 0.302 e. The van der Waals surface area contributed by atoms with Gasteiger partial charge in [0.2, 0.25) is 0 Å². The zero-order valence-corrected chi connectivity index (χ0v) is 25.6. The first-order valence-corrected chi connectivity index (χ1v) is 15.6. The molecular formula is C34H52O5. The van der Waals surface area contributed by atoms with Crippen molar-refractivity contribution in [2.24, 2.45) is 56.7 Å². The summed E-state index contributed by atoms with van der Waals surface area (Å²) in [6.45, 7) is 19.7. The molecule has 218 valence electrons. The molecule has 5 aliphatic rings. The predicted molar refractivity (Wildman–Crippen MR) is 152 cm³/mol. The van der Waals surface area contributed by atoms with E-state index >= 15 is 0 Å². The van der Waals surface area contributed by atoms with Gasteiger partial charge in [0.05, 0.1) is 0 Å². The molecule has 39 heavy (non-hydrogen) atoms. The monoisotopic (exact) mass is 540 g/mol. The summed E-state index contributed by atoms with van der Waals surface area (Å²) in [7, 11) is 0. The zero-order chi connectivity index (χ0) is 28.6. The van der Waals surface area contributed by atoms with Crippen molar-refractivity contribution in [2.45, 2.75) is 119 Å². The molecule has 11 atom stereocenters. The highest BCUT2D eigenvalue weighted by molar-refractivity contribution is 5.67. The van der Waals surface area contributed by atoms with Gasteiger partial charge >= 0.3 is 11.9 Å². The van der Waals surface area contributed by atoms with Gasteiger partial charge in [-0.2, -0.15) is 0 Å². The van der Waals surface area contributed by atoms with Gasteiger partial charge in [-0.25, -0.2) is 0 Å². The molecule has 0 aromatic rings. The summed E-state index contributed by atoms with van der Waals surface area (Å²) < 4.78 is 11.6. The summed E-state index contributed by atoms with van der Waals surface area (Å²) >= 11 is 0. The van der Waals surface area contributed by atoms with E-state index in [4.69, 9.17) is 9.47 Å². The van der Waals surface area contributed by atoms with Gasteiger partial charge in [0.15, 0.2) is 0 Å². The average molecular weight is 541 g/mol. The lowest BCUT2D eigenvalue weighted by atomic mass is 9.32. The van der Waals surface area contributed by atoms with Crippen LogP contribution >= 0.6 is 0 Å². The highest BCUT2D eigenvalue weighted by atomic mass is 16.6. The van der Waals surface area contributed by atoms with Crippen molar-refractivity contribution in [3.63, 3.8) is 0 Å². The van der Waals surface area contributed by atoms with Crippen molar-refractivity contribution >= 4 is 18.2 Å². The van der Waals surface area contributed by atoms with Gasteiger partial charge in [-0.05, 0) is 117 Å². The maximum absolute atomic E-state index is 12.7. The van der Waals surface area contributed by atoms with E-state index in [0.29, 0.717) is 36.2 Å². The Balaban J connectivity index is 1.52. The Labute approximate surface area is 236 Å². The van der Waals surface area contributed by atoms with E-state index < -0.39 is 5.41 Å². The topological polar surface area (TPSA) is 69.7 Å². The Hall–Kier alpha value is -1.65. The summed E-state index contributed by atoms with van der Waals surface area (Å²) in [5.41, 5.74) is 1.13. The number of carbonyl (C=O) groups is 3. The molecule has 0 amide bonds. The molecule has 5 saturated carbocycles. The lowest BCUT2D eigenvalue weighted by Gasteiger charge is -2.72. The normalized spacial score (nSPS) is 50.4. The van der Waals surface area contributed by atoms with E-state index in [1.807, 2.05) is 0 Å². The second kappa shape index (κ2) is 9.44. The highest BCUT2D eigenvalue weighted by Gasteiger charge is 2.71. The van der Waals surface area contributed by atoms with Gasteiger partial charge in [0.1, 0.15) is 19.0 Å². The summed E-state index contributed by atoms with van der Waals surface area (Å²) in [4.78, 5) is 36.7. The predicted octanol–water partition coefficient (Wildman–Crippen LogP) is 7.32. The van der Waals surface area contributed by atoms with E-state index in [-0.39, 0.29) is 39.7 Å². The smallest absolute Gasteiger partial charge is 0.302 e. The number of hydrogen-bond acceptors (Lipinski definition) is 5. The van der Waals surface area contributed by atoms with Crippen molar-refractivity contribution in [1.29, 1.82) is 0 Å². The summed E-state index contributed by atoms with van der Waals surface area (Å²) in [5.74, 6) is 1.76. The van der Waals surface area contributed by atoms with E-state index in [0.717, 1.165) is 51.4 Å². The third-order valence-corrected chi connectivity index (χ3v) is 14.0. The minimum Gasteiger partial charge on any atom is -0.465 e. The molecule has 5 fully saturated rings. The van der Waals surface area contributed by atoms with E-state index in [9.17, 15) is 14.4 Å². The first-order chi connectivity index (χ1) is 18.2. The Morgan fingerprint density at radius 1 is 0.821 bits per heavy atom. The SMILES string of the molecule is C=C(C)[C@@H]1CCC2(C=O)CC[C@]3(C)C(CCC4[C@@]5(C)CC[C@H](OC(C)=O)[C@@](C)(COC(C)=O)C5CC[C@]43C)C12. The molecule has 0 spiro atoms. The molecule has 5 unspecified atom stereocenters. The fraction of sp³-hybridized carbons (Fsp3) is 0.853. The van der Waals surface area contributed by atoms with Gasteiger partial charge in [-0.3, -0.25) is 9.59 Å². The molecule has 0 aromatic heterocycles.